The summed E-state index contributed by atoms with van der Waals surface area (Å²) in [6.45, 7) is 3.08. The number of rotatable bonds is 4. The standard InChI is InChI=1S/C7H11FO2/c1-3-5(9)7(8)6(10)4-2/h7H,3-4H2,1-2H3. The van der Waals surface area contributed by atoms with Crippen molar-refractivity contribution < 1.29 is 14.0 Å². The van der Waals surface area contributed by atoms with Crippen molar-refractivity contribution in [3.8, 4) is 0 Å². The van der Waals surface area contributed by atoms with Crippen LogP contribution in [-0.2, 0) is 9.59 Å². The molecule has 0 bridgehead atoms. The van der Waals surface area contributed by atoms with Crippen molar-refractivity contribution in [3.63, 3.8) is 0 Å². The van der Waals surface area contributed by atoms with Crippen LogP contribution in [0.15, 0.2) is 0 Å². The smallest absolute Gasteiger partial charge is 0.216 e. The lowest BCUT2D eigenvalue weighted by atomic mass is 10.1. The van der Waals surface area contributed by atoms with Gasteiger partial charge in [0.05, 0.1) is 0 Å². The molecule has 0 aliphatic heterocycles. The molecule has 0 aliphatic carbocycles. The highest BCUT2D eigenvalue weighted by Crippen LogP contribution is 2.00. The third-order valence-electron chi connectivity index (χ3n) is 1.26. The van der Waals surface area contributed by atoms with E-state index in [9.17, 15) is 14.0 Å². The minimum Gasteiger partial charge on any atom is -0.296 e. The molecule has 0 aromatic heterocycles. The zero-order valence-electron chi connectivity index (χ0n) is 6.19. The van der Waals surface area contributed by atoms with Crippen LogP contribution >= 0.6 is 0 Å². The molecule has 0 fully saturated rings. The maximum atomic E-state index is 12.5. The Morgan fingerprint density at radius 2 is 1.50 bits per heavy atom. The summed E-state index contributed by atoms with van der Waals surface area (Å²) >= 11 is 0. The summed E-state index contributed by atoms with van der Waals surface area (Å²) in [5.41, 5.74) is 0. The van der Waals surface area contributed by atoms with Crippen LogP contribution < -0.4 is 0 Å². The summed E-state index contributed by atoms with van der Waals surface area (Å²) in [5.74, 6) is -1.24. The second-order valence-corrected chi connectivity index (χ2v) is 2.00. The van der Waals surface area contributed by atoms with Gasteiger partial charge in [0.1, 0.15) is 0 Å². The summed E-state index contributed by atoms with van der Waals surface area (Å²) in [7, 11) is 0. The monoisotopic (exact) mass is 146 g/mol. The van der Waals surface area contributed by atoms with Crippen molar-refractivity contribution >= 4 is 11.6 Å². The van der Waals surface area contributed by atoms with E-state index in [2.05, 4.69) is 0 Å². The first kappa shape index (κ1) is 9.27. The Hall–Kier alpha value is -0.730. The van der Waals surface area contributed by atoms with E-state index in [1.165, 1.54) is 13.8 Å². The Kier molecular flexibility index (Phi) is 3.84. The zero-order chi connectivity index (χ0) is 8.15. The van der Waals surface area contributed by atoms with Crippen LogP contribution in [0.2, 0.25) is 0 Å². The van der Waals surface area contributed by atoms with Crippen LogP contribution in [0, 0.1) is 0 Å². The van der Waals surface area contributed by atoms with E-state index in [1.54, 1.807) is 0 Å². The molecule has 0 aliphatic rings. The van der Waals surface area contributed by atoms with Gasteiger partial charge >= 0.3 is 0 Å². The van der Waals surface area contributed by atoms with Crippen LogP contribution in [0.3, 0.4) is 0 Å². The molecular formula is C7H11FO2. The maximum Gasteiger partial charge on any atom is 0.216 e. The van der Waals surface area contributed by atoms with Gasteiger partial charge in [-0.25, -0.2) is 4.39 Å². The number of ketones is 2. The molecule has 0 saturated heterocycles. The highest BCUT2D eigenvalue weighted by atomic mass is 19.1. The third-order valence-corrected chi connectivity index (χ3v) is 1.26. The van der Waals surface area contributed by atoms with Gasteiger partial charge in [-0.15, -0.1) is 0 Å². The largest absolute Gasteiger partial charge is 0.296 e. The second-order valence-electron chi connectivity index (χ2n) is 2.00. The molecule has 0 saturated carbocycles. The van der Waals surface area contributed by atoms with E-state index in [4.69, 9.17) is 0 Å². The Morgan fingerprint density at radius 1 is 1.20 bits per heavy atom. The van der Waals surface area contributed by atoms with Gasteiger partial charge in [0.15, 0.2) is 11.6 Å². The van der Waals surface area contributed by atoms with E-state index in [0.29, 0.717) is 0 Å². The topological polar surface area (TPSA) is 34.1 Å². The minimum atomic E-state index is -1.88. The van der Waals surface area contributed by atoms with Crippen LogP contribution in [-0.4, -0.2) is 17.7 Å². The average Bonchev–Trinajstić information content (AvgIpc) is 2.00. The first-order chi connectivity index (χ1) is 4.63. The summed E-state index contributed by atoms with van der Waals surface area (Å²) in [4.78, 5) is 21.0. The van der Waals surface area contributed by atoms with Gasteiger partial charge in [-0.2, -0.15) is 0 Å². The number of hydrogen-bond donors (Lipinski definition) is 0. The molecule has 0 amide bonds. The molecule has 0 spiro atoms. The molecule has 0 heterocycles. The fraction of sp³-hybridized carbons (Fsp3) is 0.714. The lowest BCUT2D eigenvalue weighted by molar-refractivity contribution is -0.133. The van der Waals surface area contributed by atoms with Gasteiger partial charge in [0, 0.05) is 12.8 Å². The Labute approximate surface area is 59.4 Å². The number of alkyl halides is 1. The molecule has 0 atom stereocenters. The lowest BCUT2D eigenvalue weighted by Crippen LogP contribution is -2.24. The van der Waals surface area contributed by atoms with Crippen molar-refractivity contribution in [2.24, 2.45) is 0 Å². The van der Waals surface area contributed by atoms with Gasteiger partial charge in [-0.05, 0) is 0 Å². The molecule has 2 nitrogen and oxygen atoms in total. The highest BCUT2D eigenvalue weighted by molar-refractivity contribution is 6.04. The Bertz CT molecular complexity index is 127. The van der Waals surface area contributed by atoms with E-state index in [-0.39, 0.29) is 12.8 Å². The quantitative estimate of drug-likeness (QED) is 0.560. The number of halogens is 1. The first-order valence-corrected chi connectivity index (χ1v) is 3.33. The third kappa shape index (κ3) is 2.25. The highest BCUT2D eigenvalue weighted by Gasteiger charge is 2.21. The Morgan fingerprint density at radius 3 is 1.70 bits per heavy atom. The van der Waals surface area contributed by atoms with Gasteiger partial charge in [0.2, 0.25) is 6.17 Å². The normalized spacial score (nSPS) is 10.0. The number of carbonyl (C=O) groups is 2. The van der Waals surface area contributed by atoms with E-state index >= 15 is 0 Å². The van der Waals surface area contributed by atoms with Crippen LogP contribution in [0.1, 0.15) is 26.7 Å². The van der Waals surface area contributed by atoms with Gasteiger partial charge in [-0.1, -0.05) is 13.8 Å². The SMILES string of the molecule is CCC(=O)C(F)C(=O)CC. The van der Waals surface area contributed by atoms with E-state index < -0.39 is 17.7 Å². The molecule has 58 valence electrons. The second kappa shape index (κ2) is 4.14. The predicted molar refractivity (Wildman–Crippen MR) is 35.5 cm³/mol. The number of carbonyl (C=O) groups excluding carboxylic acids is 2. The molecule has 0 rings (SSSR count). The number of Topliss-reactive ketones (excluding diaryl/α,β-unsaturated/α-hetero) is 2. The summed E-state index contributed by atoms with van der Waals surface area (Å²) in [5, 5.41) is 0. The lowest BCUT2D eigenvalue weighted by Gasteiger charge is -2.00. The maximum absolute atomic E-state index is 12.5. The van der Waals surface area contributed by atoms with E-state index in [1.807, 2.05) is 0 Å². The van der Waals surface area contributed by atoms with Crippen LogP contribution in [0.4, 0.5) is 4.39 Å². The minimum absolute atomic E-state index is 0.0902. The molecule has 0 aromatic carbocycles. The molecule has 0 N–H and O–H groups in total. The summed E-state index contributed by atoms with van der Waals surface area (Å²) in [6.07, 6.45) is -1.70. The van der Waals surface area contributed by atoms with E-state index in [0.717, 1.165) is 0 Å². The van der Waals surface area contributed by atoms with Gasteiger partial charge in [-0.3, -0.25) is 9.59 Å². The summed E-state index contributed by atoms with van der Waals surface area (Å²) in [6, 6.07) is 0. The van der Waals surface area contributed by atoms with Crippen molar-refractivity contribution in [1.29, 1.82) is 0 Å². The predicted octanol–water partition coefficient (Wildman–Crippen LogP) is 1.28. The molecule has 0 aromatic rings. The molecule has 3 heteroatoms. The molecule has 10 heavy (non-hydrogen) atoms. The molecular weight excluding hydrogens is 135 g/mol. The van der Waals surface area contributed by atoms with Gasteiger partial charge < -0.3 is 0 Å². The van der Waals surface area contributed by atoms with Crippen molar-refractivity contribution in [1.82, 2.24) is 0 Å². The first-order valence-electron chi connectivity index (χ1n) is 3.33. The Balaban J connectivity index is 3.94. The van der Waals surface area contributed by atoms with Crippen LogP contribution in [0.5, 0.6) is 0 Å². The zero-order valence-corrected chi connectivity index (χ0v) is 6.19. The van der Waals surface area contributed by atoms with Crippen molar-refractivity contribution in [2.45, 2.75) is 32.9 Å². The van der Waals surface area contributed by atoms with Gasteiger partial charge in [0.25, 0.3) is 0 Å². The summed E-state index contributed by atoms with van der Waals surface area (Å²) < 4.78 is 12.5. The average molecular weight is 146 g/mol. The fourth-order valence-electron chi connectivity index (χ4n) is 0.538. The molecule has 0 radical (unpaired) electrons. The number of hydrogen-bond acceptors (Lipinski definition) is 2. The van der Waals surface area contributed by atoms with Crippen molar-refractivity contribution in [3.05, 3.63) is 0 Å². The van der Waals surface area contributed by atoms with Crippen LogP contribution in [0.25, 0.3) is 0 Å². The van der Waals surface area contributed by atoms with Crippen molar-refractivity contribution in [2.75, 3.05) is 0 Å². The fourth-order valence-corrected chi connectivity index (χ4v) is 0.538. The molecule has 0 unspecified atom stereocenters.